The predicted octanol–water partition coefficient (Wildman–Crippen LogP) is 3.15. The molecule has 4 aromatic rings. The second-order valence-electron chi connectivity index (χ2n) is 10.3. The Kier molecular flexibility index (Phi) is 5.77. The minimum absolute atomic E-state index is 0.0798. The average molecular weight is 501 g/mol. The number of imidazole rings is 1. The first-order valence-corrected chi connectivity index (χ1v) is 12.7. The van der Waals surface area contributed by atoms with Crippen LogP contribution < -0.4 is 10.6 Å². The van der Waals surface area contributed by atoms with E-state index in [1.165, 1.54) is 0 Å². The lowest BCUT2D eigenvalue weighted by Gasteiger charge is -2.22. The van der Waals surface area contributed by atoms with Crippen molar-refractivity contribution in [1.82, 2.24) is 23.9 Å². The van der Waals surface area contributed by atoms with Crippen LogP contribution in [-0.2, 0) is 18.3 Å². The second kappa shape index (κ2) is 9.00. The van der Waals surface area contributed by atoms with Crippen molar-refractivity contribution in [3.8, 4) is 11.1 Å². The van der Waals surface area contributed by atoms with Gasteiger partial charge < -0.3 is 14.5 Å². The summed E-state index contributed by atoms with van der Waals surface area (Å²) < 4.78 is 8.65. The van der Waals surface area contributed by atoms with Crippen LogP contribution >= 0.6 is 0 Å². The van der Waals surface area contributed by atoms with Gasteiger partial charge >= 0.3 is 11.7 Å². The Labute approximate surface area is 215 Å². The summed E-state index contributed by atoms with van der Waals surface area (Å²) in [6.45, 7) is 2.45. The van der Waals surface area contributed by atoms with Crippen molar-refractivity contribution in [2.75, 3.05) is 45.8 Å². The summed E-state index contributed by atoms with van der Waals surface area (Å²) in [4.78, 5) is 36.7. The fourth-order valence-electron chi connectivity index (χ4n) is 5.81. The molecule has 0 N–H and O–H groups in total. The molecule has 0 unspecified atom stereocenters. The van der Waals surface area contributed by atoms with E-state index in [-0.39, 0.29) is 17.8 Å². The fraction of sp³-hybridized carbons (Fsp3) is 0.393. The molecule has 2 fully saturated rings. The van der Waals surface area contributed by atoms with Gasteiger partial charge in [0.05, 0.1) is 41.9 Å². The molecule has 2 aliphatic heterocycles. The summed E-state index contributed by atoms with van der Waals surface area (Å²) in [5.41, 5.74) is 5.42. The molecule has 9 nitrogen and oxygen atoms in total. The molecular weight excluding hydrogens is 468 g/mol. The number of ether oxygens (including phenoxy) is 1. The summed E-state index contributed by atoms with van der Waals surface area (Å²) in [6.07, 6.45) is 2.78. The maximum Gasteiger partial charge on any atom is 0.328 e. The number of likely N-dealkylation sites (N-methyl/N-ethyl adjacent to an activating group) is 1. The quantitative estimate of drug-likeness (QED) is 0.407. The molecule has 0 saturated carbocycles. The summed E-state index contributed by atoms with van der Waals surface area (Å²) in [6, 6.07) is 15.1. The topological polar surface area (TPSA) is 75.8 Å². The maximum atomic E-state index is 13.1. The lowest BCUT2D eigenvalue weighted by Crippen LogP contribution is -2.37. The number of benzene rings is 2. The molecule has 0 aliphatic carbocycles. The van der Waals surface area contributed by atoms with E-state index in [9.17, 15) is 9.59 Å². The minimum Gasteiger partial charge on any atom is -0.383 e. The number of fused-ring (bicyclic) bond motifs is 4. The van der Waals surface area contributed by atoms with E-state index >= 15 is 0 Å². The van der Waals surface area contributed by atoms with Gasteiger partial charge in [0, 0.05) is 44.4 Å². The summed E-state index contributed by atoms with van der Waals surface area (Å²) in [5.74, 6) is 0. The molecule has 2 amide bonds. The molecule has 192 valence electrons. The Morgan fingerprint density at radius 2 is 1.81 bits per heavy atom. The third-order valence-corrected chi connectivity index (χ3v) is 7.99. The number of hydrogen-bond donors (Lipinski definition) is 0. The van der Waals surface area contributed by atoms with Crippen LogP contribution in [0.15, 0.2) is 53.5 Å². The molecular formula is C28H32N6O3. The highest BCUT2D eigenvalue weighted by molar-refractivity contribution is 6.04. The van der Waals surface area contributed by atoms with Crippen molar-refractivity contribution in [2.45, 2.75) is 25.0 Å². The van der Waals surface area contributed by atoms with Crippen LogP contribution in [0.3, 0.4) is 0 Å². The number of carbonyl (C=O) groups excluding carboxylic acids is 1. The smallest absolute Gasteiger partial charge is 0.328 e. The molecule has 2 aromatic heterocycles. The number of urea groups is 1. The highest BCUT2D eigenvalue weighted by Gasteiger charge is 2.44. The zero-order valence-corrected chi connectivity index (χ0v) is 21.7. The average Bonchev–Trinajstić information content (AvgIpc) is 3.54. The molecule has 0 radical (unpaired) electrons. The molecule has 9 heteroatoms. The van der Waals surface area contributed by atoms with Crippen molar-refractivity contribution in [1.29, 1.82) is 0 Å². The van der Waals surface area contributed by atoms with Gasteiger partial charge in [-0.15, -0.1) is 0 Å². The Balaban J connectivity index is 1.32. The molecule has 4 heterocycles. The molecule has 2 saturated heterocycles. The van der Waals surface area contributed by atoms with Gasteiger partial charge in [-0.3, -0.25) is 19.0 Å². The minimum atomic E-state index is -0.0798. The highest BCUT2D eigenvalue weighted by atomic mass is 16.5. The van der Waals surface area contributed by atoms with E-state index in [2.05, 4.69) is 48.2 Å². The molecule has 0 spiro atoms. The van der Waals surface area contributed by atoms with Crippen LogP contribution in [-0.4, -0.2) is 82.9 Å². The summed E-state index contributed by atoms with van der Waals surface area (Å²) >= 11 is 0. The number of rotatable bonds is 6. The van der Waals surface area contributed by atoms with Crippen molar-refractivity contribution >= 4 is 33.7 Å². The van der Waals surface area contributed by atoms with E-state index < -0.39 is 0 Å². The van der Waals surface area contributed by atoms with Crippen LogP contribution in [0.4, 0.5) is 10.5 Å². The van der Waals surface area contributed by atoms with Gasteiger partial charge in [-0.05, 0) is 55.9 Å². The van der Waals surface area contributed by atoms with Crippen LogP contribution in [0.25, 0.3) is 33.1 Å². The first-order chi connectivity index (χ1) is 17.9. The standard InChI is InChI=1S/C28H32N6O3/c1-30(2)21-14-22-17-33(28(36)34(22)16-21)20-8-5-18(6-9-20)19-7-10-24-23(13-19)26-25(15-29-24)31(3)27(35)32(26)11-12-37-4/h5-10,13,15,21-22H,11-12,14,16-17H2,1-4H3/t21-,22+/m0/s1. The van der Waals surface area contributed by atoms with E-state index in [0.29, 0.717) is 19.2 Å². The number of nitrogens with zero attached hydrogens (tertiary/aromatic N) is 6. The van der Waals surface area contributed by atoms with Crippen LogP contribution in [0.2, 0.25) is 0 Å². The number of hydrogen-bond acceptors (Lipinski definition) is 5. The Morgan fingerprint density at radius 1 is 1.05 bits per heavy atom. The van der Waals surface area contributed by atoms with Crippen molar-refractivity contribution in [3.63, 3.8) is 0 Å². The zero-order chi connectivity index (χ0) is 25.8. The van der Waals surface area contributed by atoms with E-state index in [4.69, 9.17) is 4.74 Å². The van der Waals surface area contributed by atoms with E-state index in [0.717, 1.165) is 58.3 Å². The Bertz CT molecular complexity index is 1550. The SMILES string of the molecule is COCCn1c(=O)n(C)c2cnc3ccc(-c4ccc(N5C[C@H]6C[C@H](N(C)C)CN6C5=O)cc4)cc3c21. The number of carbonyl (C=O) groups is 1. The number of amides is 2. The fourth-order valence-corrected chi connectivity index (χ4v) is 5.81. The molecule has 37 heavy (non-hydrogen) atoms. The summed E-state index contributed by atoms with van der Waals surface area (Å²) in [7, 11) is 7.57. The second-order valence-corrected chi connectivity index (χ2v) is 10.3. The maximum absolute atomic E-state index is 13.1. The van der Waals surface area contributed by atoms with E-state index in [1.807, 2.05) is 28.0 Å². The molecule has 2 atom stereocenters. The van der Waals surface area contributed by atoms with Crippen LogP contribution in [0, 0.1) is 0 Å². The first kappa shape index (κ1) is 23.7. The number of aromatic nitrogens is 3. The highest BCUT2D eigenvalue weighted by Crippen LogP contribution is 2.34. The lowest BCUT2D eigenvalue weighted by molar-refractivity contribution is 0.187. The Hall–Kier alpha value is -3.69. The number of pyridine rings is 1. The molecule has 6 rings (SSSR count). The normalized spacial score (nSPS) is 19.6. The van der Waals surface area contributed by atoms with Crippen LogP contribution in [0.1, 0.15) is 6.42 Å². The Morgan fingerprint density at radius 3 is 2.51 bits per heavy atom. The third kappa shape index (κ3) is 3.81. The third-order valence-electron chi connectivity index (χ3n) is 7.99. The van der Waals surface area contributed by atoms with Gasteiger partial charge in [0.2, 0.25) is 0 Å². The number of anilines is 1. The monoisotopic (exact) mass is 500 g/mol. The van der Waals surface area contributed by atoms with E-state index in [1.54, 1.807) is 29.5 Å². The summed E-state index contributed by atoms with van der Waals surface area (Å²) in [5, 5.41) is 0.929. The zero-order valence-electron chi connectivity index (χ0n) is 21.7. The largest absolute Gasteiger partial charge is 0.383 e. The van der Waals surface area contributed by atoms with Gasteiger partial charge in [-0.1, -0.05) is 18.2 Å². The predicted molar refractivity (Wildman–Crippen MR) is 145 cm³/mol. The molecule has 2 aromatic carbocycles. The van der Waals surface area contributed by atoms with Gasteiger partial charge in [0.1, 0.15) is 0 Å². The van der Waals surface area contributed by atoms with Crippen molar-refractivity contribution < 1.29 is 9.53 Å². The molecule has 2 aliphatic rings. The van der Waals surface area contributed by atoms with Crippen LogP contribution in [0.5, 0.6) is 0 Å². The van der Waals surface area contributed by atoms with Gasteiger partial charge in [-0.2, -0.15) is 0 Å². The van der Waals surface area contributed by atoms with Crippen molar-refractivity contribution in [3.05, 3.63) is 59.1 Å². The number of methoxy groups -OCH3 is 1. The van der Waals surface area contributed by atoms with Gasteiger partial charge in [0.25, 0.3) is 0 Å². The number of aryl methyl sites for hydroxylation is 1. The van der Waals surface area contributed by atoms with Gasteiger partial charge in [-0.25, -0.2) is 9.59 Å². The van der Waals surface area contributed by atoms with Gasteiger partial charge in [0.15, 0.2) is 0 Å². The van der Waals surface area contributed by atoms with Crippen molar-refractivity contribution in [2.24, 2.45) is 7.05 Å². The first-order valence-electron chi connectivity index (χ1n) is 12.7. The lowest BCUT2D eigenvalue weighted by atomic mass is 10.0. The molecule has 0 bridgehead atoms.